The number of halogens is 6. The van der Waals surface area contributed by atoms with Crippen LogP contribution in [0, 0.1) is 11.6 Å². The number of benzene rings is 2. The molecule has 1 atom stereocenters. The lowest BCUT2D eigenvalue weighted by atomic mass is 9.89. The molecule has 2 N–H and O–H groups in total. The van der Waals surface area contributed by atoms with Gasteiger partial charge in [-0.15, -0.1) is 0 Å². The summed E-state index contributed by atoms with van der Waals surface area (Å²) in [5.41, 5.74) is 1.74. The molecule has 0 saturated carbocycles. The van der Waals surface area contributed by atoms with Gasteiger partial charge in [0.1, 0.15) is 11.6 Å². The zero-order valence-electron chi connectivity index (χ0n) is 18.9. The average Bonchev–Trinajstić information content (AvgIpc) is 3.14. The molecule has 0 spiro atoms. The molecule has 188 valence electrons. The molecule has 5 rings (SSSR count). The fourth-order valence-electron chi connectivity index (χ4n) is 5.32. The Balaban J connectivity index is 1.48. The van der Waals surface area contributed by atoms with Gasteiger partial charge in [-0.25, -0.2) is 8.78 Å². The van der Waals surface area contributed by atoms with E-state index in [-0.39, 0.29) is 23.8 Å². The van der Waals surface area contributed by atoms with Crippen molar-refractivity contribution in [2.75, 3.05) is 44.7 Å². The molecule has 3 heterocycles. The van der Waals surface area contributed by atoms with E-state index in [1.807, 2.05) is 4.90 Å². The second-order valence-electron chi connectivity index (χ2n) is 9.30. The van der Waals surface area contributed by atoms with Gasteiger partial charge in [0.25, 0.3) is 0 Å². The topological polar surface area (TPSA) is 34.3 Å². The zero-order chi connectivity index (χ0) is 24.7. The predicted octanol–water partition coefficient (Wildman–Crippen LogP) is 5.41. The van der Waals surface area contributed by atoms with Crippen LogP contribution in [-0.4, -0.2) is 66.4 Å². The van der Waals surface area contributed by atoms with E-state index < -0.39 is 37.1 Å². The summed E-state index contributed by atoms with van der Waals surface area (Å²) in [6.45, 7) is 0.237. The largest absolute Gasteiger partial charge is 0.401 e. The van der Waals surface area contributed by atoms with Crippen LogP contribution in [0.15, 0.2) is 36.4 Å². The molecule has 2 aliphatic rings. The Morgan fingerprint density at radius 2 is 1.74 bits per heavy atom. The number of rotatable bonds is 7. The maximum Gasteiger partial charge on any atom is 0.401 e. The zero-order valence-corrected chi connectivity index (χ0v) is 18.9. The summed E-state index contributed by atoms with van der Waals surface area (Å²) < 4.78 is 83.6. The minimum Gasteiger partial charge on any atom is -0.380 e. The third kappa shape index (κ3) is 4.86. The van der Waals surface area contributed by atoms with Gasteiger partial charge < -0.3 is 10.3 Å². The van der Waals surface area contributed by atoms with E-state index in [1.165, 1.54) is 0 Å². The molecule has 10 heteroatoms. The highest BCUT2D eigenvalue weighted by atomic mass is 19.4. The van der Waals surface area contributed by atoms with Crippen molar-refractivity contribution in [2.24, 2.45) is 0 Å². The van der Waals surface area contributed by atoms with Crippen LogP contribution in [0.4, 0.5) is 32.0 Å². The highest BCUT2D eigenvalue weighted by molar-refractivity contribution is 5.86. The number of hydrogen-bond acceptors (Lipinski definition) is 3. The van der Waals surface area contributed by atoms with Crippen molar-refractivity contribution in [3.05, 3.63) is 64.9 Å². The number of nitrogens with zero attached hydrogens (tertiary/aromatic N) is 2. The molecule has 1 fully saturated rings. The van der Waals surface area contributed by atoms with Crippen LogP contribution in [0.2, 0.25) is 0 Å². The number of alkyl halides is 4. The normalized spacial score (nSPS) is 19.7. The summed E-state index contributed by atoms with van der Waals surface area (Å²) in [5.74, 6) is -1.78. The van der Waals surface area contributed by atoms with Crippen molar-refractivity contribution < 1.29 is 26.3 Å². The van der Waals surface area contributed by atoms with Crippen LogP contribution in [-0.2, 0) is 6.42 Å². The highest BCUT2D eigenvalue weighted by Crippen LogP contribution is 2.43. The number of nitrogens with one attached hydrogen (secondary N) is 2. The quantitative estimate of drug-likeness (QED) is 0.430. The summed E-state index contributed by atoms with van der Waals surface area (Å²) in [7, 11) is 0. The predicted molar refractivity (Wildman–Crippen MR) is 122 cm³/mol. The molecular weight excluding hydrogens is 470 g/mol. The Morgan fingerprint density at radius 3 is 2.43 bits per heavy atom. The summed E-state index contributed by atoms with van der Waals surface area (Å²) in [5, 5.41) is 3.73. The molecule has 2 aromatic carbocycles. The van der Waals surface area contributed by atoms with Gasteiger partial charge in [-0.05, 0) is 24.6 Å². The molecule has 1 saturated heterocycles. The van der Waals surface area contributed by atoms with Crippen molar-refractivity contribution in [1.82, 2.24) is 14.8 Å². The van der Waals surface area contributed by atoms with Gasteiger partial charge in [0.15, 0.2) is 0 Å². The summed E-state index contributed by atoms with van der Waals surface area (Å²) in [6.07, 6.45) is -3.76. The van der Waals surface area contributed by atoms with Gasteiger partial charge in [0.05, 0.1) is 25.3 Å². The lowest BCUT2D eigenvalue weighted by Gasteiger charge is -2.40. The lowest BCUT2D eigenvalue weighted by Crippen LogP contribution is -2.54. The van der Waals surface area contributed by atoms with Gasteiger partial charge in [-0.2, -0.15) is 13.2 Å². The molecule has 4 nitrogen and oxygen atoms in total. The smallest absolute Gasteiger partial charge is 0.380 e. The third-order valence-electron chi connectivity index (χ3n) is 6.79. The maximum atomic E-state index is 15.5. The first-order valence-corrected chi connectivity index (χ1v) is 11.7. The monoisotopic (exact) mass is 496 g/mol. The first-order valence-electron chi connectivity index (χ1n) is 11.7. The summed E-state index contributed by atoms with van der Waals surface area (Å²) in [6, 6.07) is 8.16. The summed E-state index contributed by atoms with van der Waals surface area (Å²) >= 11 is 0. The maximum absolute atomic E-state index is 15.5. The fraction of sp³-hybridized carbons (Fsp3) is 0.440. The van der Waals surface area contributed by atoms with Gasteiger partial charge in [0, 0.05) is 66.0 Å². The molecule has 0 radical (unpaired) electrons. The van der Waals surface area contributed by atoms with E-state index >= 15 is 8.78 Å². The standard InChI is InChI=1S/C25H26F6N4/c26-7-3-8-34-12-16(13-34)32-15-10-18(27)23(19(28)11-15)24-22-17-4-1-2-5-20(17)33-21(22)6-9-35(24)14-25(29,30)31/h1-2,4-5,10-11,16,24,32-33H,3,6-9,12-14H2. The number of hydrogen-bond donors (Lipinski definition) is 2. The van der Waals surface area contributed by atoms with Gasteiger partial charge >= 0.3 is 6.18 Å². The second kappa shape index (κ2) is 9.39. The molecule has 0 aliphatic carbocycles. The van der Waals surface area contributed by atoms with Crippen LogP contribution in [0.5, 0.6) is 0 Å². The van der Waals surface area contributed by atoms with E-state index in [9.17, 15) is 17.6 Å². The number of aromatic nitrogens is 1. The average molecular weight is 496 g/mol. The molecule has 0 bridgehead atoms. The first kappa shape index (κ1) is 24.0. The van der Waals surface area contributed by atoms with Crippen LogP contribution >= 0.6 is 0 Å². The highest BCUT2D eigenvalue weighted by Gasteiger charge is 2.41. The van der Waals surface area contributed by atoms with E-state index in [1.54, 1.807) is 24.3 Å². The SMILES string of the molecule is FCCCN1CC(Nc2cc(F)c(C3c4c([nH]c5ccccc45)CCN3CC(F)(F)F)c(F)c2)C1. The number of anilines is 1. The van der Waals surface area contributed by atoms with Crippen molar-refractivity contribution >= 4 is 16.6 Å². The van der Waals surface area contributed by atoms with Crippen LogP contribution in [0.1, 0.15) is 29.3 Å². The van der Waals surface area contributed by atoms with E-state index in [2.05, 4.69) is 10.3 Å². The van der Waals surface area contributed by atoms with E-state index in [0.717, 1.165) is 22.5 Å². The Bertz CT molecular complexity index is 1180. The Kier molecular flexibility index (Phi) is 6.43. The molecular formula is C25H26F6N4. The third-order valence-corrected chi connectivity index (χ3v) is 6.79. The minimum absolute atomic E-state index is 0.0136. The number of aromatic amines is 1. The van der Waals surface area contributed by atoms with Crippen LogP contribution < -0.4 is 5.32 Å². The van der Waals surface area contributed by atoms with Crippen LogP contribution in [0.25, 0.3) is 10.9 Å². The second-order valence-corrected chi connectivity index (χ2v) is 9.30. The number of likely N-dealkylation sites (tertiary alicyclic amines) is 1. The Hall–Kier alpha value is -2.72. The molecule has 3 aromatic rings. The van der Waals surface area contributed by atoms with Crippen molar-refractivity contribution in [3.8, 4) is 0 Å². The van der Waals surface area contributed by atoms with E-state index in [4.69, 9.17) is 0 Å². The summed E-state index contributed by atoms with van der Waals surface area (Å²) in [4.78, 5) is 6.35. The fourth-order valence-corrected chi connectivity index (χ4v) is 5.32. The number of fused-ring (bicyclic) bond motifs is 3. The lowest BCUT2D eigenvalue weighted by molar-refractivity contribution is -0.150. The molecule has 1 aromatic heterocycles. The van der Waals surface area contributed by atoms with Crippen molar-refractivity contribution in [1.29, 1.82) is 0 Å². The first-order chi connectivity index (χ1) is 16.7. The molecule has 35 heavy (non-hydrogen) atoms. The molecule has 2 aliphatic heterocycles. The van der Waals surface area contributed by atoms with Gasteiger partial charge in [0.2, 0.25) is 0 Å². The van der Waals surface area contributed by atoms with Crippen molar-refractivity contribution in [2.45, 2.75) is 31.1 Å². The Morgan fingerprint density at radius 1 is 1.03 bits per heavy atom. The van der Waals surface area contributed by atoms with Crippen molar-refractivity contribution in [3.63, 3.8) is 0 Å². The van der Waals surface area contributed by atoms with Gasteiger partial charge in [-0.3, -0.25) is 14.2 Å². The van der Waals surface area contributed by atoms with E-state index in [0.29, 0.717) is 49.1 Å². The number of H-pyrrole nitrogens is 1. The Labute approximate surface area is 198 Å². The number of para-hydroxylation sites is 1. The minimum atomic E-state index is -4.52. The van der Waals surface area contributed by atoms with Crippen LogP contribution in [0.3, 0.4) is 0 Å². The van der Waals surface area contributed by atoms with Gasteiger partial charge in [-0.1, -0.05) is 18.2 Å². The molecule has 1 unspecified atom stereocenters. The molecule has 0 amide bonds.